The summed E-state index contributed by atoms with van der Waals surface area (Å²) in [6, 6.07) is 3.83. The Labute approximate surface area is 108 Å². The maximum absolute atomic E-state index is 5.34. The van der Waals surface area contributed by atoms with Crippen molar-refractivity contribution in [3.8, 4) is 11.5 Å². The summed E-state index contributed by atoms with van der Waals surface area (Å²) in [6.07, 6.45) is 4.30. The van der Waals surface area contributed by atoms with Gasteiger partial charge in [0, 0.05) is 19.2 Å². The molecule has 7 nitrogen and oxygen atoms in total. The van der Waals surface area contributed by atoms with E-state index in [2.05, 4.69) is 30.4 Å². The number of imidazole rings is 1. The van der Waals surface area contributed by atoms with Crippen molar-refractivity contribution in [1.29, 1.82) is 0 Å². The van der Waals surface area contributed by atoms with Crippen LogP contribution in [-0.2, 0) is 13.0 Å². The van der Waals surface area contributed by atoms with E-state index in [-0.39, 0.29) is 6.04 Å². The maximum atomic E-state index is 5.34. The third kappa shape index (κ3) is 1.75. The summed E-state index contributed by atoms with van der Waals surface area (Å²) in [5.41, 5.74) is 3.04. The van der Waals surface area contributed by atoms with Crippen molar-refractivity contribution in [2.45, 2.75) is 19.0 Å². The number of H-pyrrole nitrogens is 2. The Balaban J connectivity index is 1.61. The summed E-state index contributed by atoms with van der Waals surface area (Å²) in [5.74, 6) is 1.17. The lowest BCUT2D eigenvalue weighted by molar-refractivity contribution is 0.319. The summed E-state index contributed by atoms with van der Waals surface area (Å²) in [6.45, 7) is 0.736. The number of aromatic nitrogens is 5. The highest BCUT2D eigenvalue weighted by molar-refractivity contribution is 5.47. The molecule has 0 aliphatic carbocycles. The molecule has 19 heavy (non-hydrogen) atoms. The fourth-order valence-corrected chi connectivity index (χ4v) is 2.30. The molecule has 4 heterocycles. The minimum Gasteiger partial charge on any atom is -0.359 e. The van der Waals surface area contributed by atoms with E-state index in [9.17, 15) is 0 Å². The van der Waals surface area contributed by atoms with Crippen molar-refractivity contribution in [3.05, 3.63) is 41.9 Å². The highest BCUT2D eigenvalue weighted by Gasteiger charge is 2.26. The monoisotopic (exact) mass is 256 g/mol. The average Bonchev–Trinajstić information content (AvgIpc) is 3.18. The van der Waals surface area contributed by atoms with Crippen molar-refractivity contribution in [3.63, 3.8) is 0 Å². The second-order valence-electron chi connectivity index (χ2n) is 4.51. The minimum absolute atomic E-state index is 0.0204. The number of rotatable bonds is 2. The van der Waals surface area contributed by atoms with Crippen LogP contribution in [0.25, 0.3) is 11.5 Å². The van der Waals surface area contributed by atoms with Crippen LogP contribution < -0.4 is 5.32 Å². The van der Waals surface area contributed by atoms with Gasteiger partial charge in [-0.2, -0.15) is 4.98 Å². The van der Waals surface area contributed by atoms with Crippen molar-refractivity contribution in [2.24, 2.45) is 0 Å². The Kier molecular flexibility index (Phi) is 2.25. The van der Waals surface area contributed by atoms with Crippen LogP contribution in [0.15, 0.2) is 29.2 Å². The molecule has 0 bridgehead atoms. The summed E-state index contributed by atoms with van der Waals surface area (Å²) >= 11 is 0. The highest BCUT2D eigenvalue weighted by atomic mass is 16.5. The number of fused-ring (bicyclic) bond motifs is 1. The van der Waals surface area contributed by atoms with Crippen LogP contribution in [0.4, 0.5) is 0 Å². The molecule has 1 aliphatic rings. The maximum Gasteiger partial charge on any atom is 0.244 e. The van der Waals surface area contributed by atoms with E-state index in [1.54, 1.807) is 6.33 Å². The number of aromatic amines is 2. The van der Waals surface area contributed by atoms with Crippen molar-refractivity contribution in [1.82, 2.24) is 30.4 Å². The second-order valence-corrected chi connectivity index (χ2v) is 4.51. The van der Waals surface area contributed by atoms with E-state index in [1.165, 1.54) is 0 Å². The molecule has 96 valence electrons. The Morgan fingerprint density at radius 1 is 1.32 bits per heavy atom. The van der Waals surface area contributed by atoms with Gasteiger partial charge in [-0.3, -0.25) is 5.32 Å². The van der Waals surface area contributed by atoms with Gasteiger partial charge in [-0.1, -0.05) is 5.16 Å². The third-order valence-electron chi connectivity index (χ3n) is 3.31. The van der Waals surface area contributed by atoms with Crippen molar-refractivity contribution in [2.75, 3.05) is 0 Å². The topological polar surface area (TPSA) is 95.4 Å². The zero-order valence-corrected chi connectivity index (χ0v) is 10.1. The molecule has 3 aromatic rings. The molecule has 0 fully saturated rings. The smallest absolute Gasteiger partial charge is 0.244 e. The molecule has 4 rings (SSSR count). The Morgan fingerprint density at radius 3 is 3.21 bits per heavy atom. The minimum atomic E-state index is 0.0204. The molecule has 3 N–H and O–H groups in total. The van der Waals surface area contributed by atoms with E-state index in [1.807, 2.05) is 18.3 Å². The largest absolute Gasteiger partial charge is 0.359 e. The third-order valence-corrected chi connectivity index (χ3v) is 3.31. The fraction of sp³-hybridized carbons (Fsp3) is 0.250. The van der Waals surface area contributed by atoms with Gasteiger partial charge in [0.2, 0.25) is 11.7 Å². The van der Waals surface area contributed by atoms with Crippen LogP contribution in [0, 0.1) is 0 Å². The van der Waals surface area contributed by atoms with Gasteiger partial charge in [-0.15, -0.1) is 0 Å². The molecule has 0 radical (unpaired) electrons. The average molecular weight is 256 g/mol. The van der Waals surface area contributed by atoms with Gasteiger partial charge in [0.15, 0.2) is 0 Å². The van der Waals surface area contributed by atoms with E-state index in [0.717, 1.165) is 30.0 Å². The number of hydrogen-bond acceptors (Lipinski definition) is 5. The number of nitrogens with one attached hydrogen (secondary N) is 3. The summed E-state index contributed by atoms with van der Waals surface area (Å²) in [7, 11) is 0. The van der Waals surface area contributed by atoms with Gasteiger partial charge >= 0.3 is 0 Å². The van der Waals surface area contributed by atoms with Gasteiger partial charge in [0.25, 0.3) is 0 Å². The fourth-order valence-electron chi connectivity index (χ4n) is 2.30. The normalized spacial score (nSPS) is 18.4. The lowest BCUT2D eigenvalue weighted by atomic mass is 10.1. The second kappa shape index (κ2) is 4.06. The Morgan fingerprint density at radius 2 is 2.32 bits per heavy atom. The summed E-state index contributed by atoms with van der Waals surface area (Å²) in [5, 5.41) is 7.35. The molecule has 0 aromatic carbocycles. The SMILES string of the molecule is c1c[nH]c(-c2noc(C3Cc4nc[nH]c4CN3)n2)c1. The van der Waals surface area contributed by atoms with Crippen LogP contribution in [0.2, 0.25) is 0 Å². The van der Waals surface area contributed by atoms with E-state index in [0.29, 0.717) is 11.7 Å². The Hall–Kier alpha value is -2.41. The van der Waals surface area contributed by atoms with Gasteiger partial charge in [-0.05, 0) is 12.1 Å². The van der Waals surface area contributed by atoms with Gasteiger partial charge in [-0.25, -0.2) is 4.98 Å². The van der Waals surface area contributed by atoms with Crippen LogP contribution in [0.1, 0.15) is 23.3 Å². The van der Waals surface area contributed by atoms with E-state index >= 15 is 0 Å². The molecule has 1 unspecified atom stereocenters. The summed E-state index contributed by atoms with van der Waals surface area (Å²) < 4.78 is 5.34. The molecular weight excluding hydrogens is 244 g/mol. The van der Waals surface area contributed by atoms with Crippen LogP contribution in [0.5, 0.6) is 0 Å². The molecule has 1 aliphatic heterocycles. The molecule has 7 heteroatoms. The lowest BCUT2D eigenvalue weighted by Gasteiger charge is -2.19. The number of nitrogens with zero attached hydrogens (tertiary/aromatic N) is 3. The van der Waals surface area contributed by atoms with Crippen molar-refractivity contribution >= 4 is 0 Å². The first-order chi connectivity index (χ1) is 9.40. The molecule has 0 spiro atoms. The van der Waals surface area contributed by atoms with Crippen LogP contribution >= 0.6 is 0 Å². The van der Waals surface area contributed by atoms with Gasteiger partial charge in [0.1, 0.15) is 0 Å². The molecule has 1 atom stereocenters. The predicted octanol–water partition coefficient (Wildman–Crippen LogP) is 1.17. The number of hydrogen-bond donors (Lipinski definition) is 3. The Bertz CT molecular complexity index is 683. The molecule has 3 aromatic heterocycles. The van der Waals surface area contributed by atoms with Gasteiger partial charge in [0.05, 0.1) is 29.5 Å². The quantitative estimate of drug-likeness (QED) is 0.639. The molecule has 0 saturated heterocycles. The summed E-state index contributed by atoms with van der Waals surface area (Å²) in [4.78, 5) is 14.9. The van der Waals surface area contributed by atoms with Gasteiger partial charge < -0.3 is 14.5 Å². The molecule has 0 saturated carbocycles. The molecule has 0 amide bonds. The highest BCUT2D eigenvalue weighted by Crippen LogP contribution is 2.24. The first-order valence-corrected chi connectivity index (χ1v) is 6.12. The first kappa shape index (κ1) is 10.5. The van der Waals surface area contributed by atoms with E-state index in [4.69, 9.17) is 4.52 Å². The zero-order chi connectivity index (χ0) is 12.7. The van der Waals surface area contributed by atoms with Crippen LogP contribution in [0.3, 0.4) is 0 Å². The first-order valence-electron chi connectivity index (χ1n) is 6.12. The lowest BCUT2D eigenvalue weighted by Crippen LogP contribution is -2.28. The predicted molar refractivity (Wildman–Crippen MR) is 66.0 cm³/mol. The standard InChI is InChI=1S/C12H12N6O/c1-2-7(13-3-1)11-17-12(19-18-11)9-4-8-10(5-14-9)16-6-15-8/h1-3,6,9,13-14H,4-5H2,(H,15,16). The van der Waals surface area contributed by atoms with Crippen LogP contribution in [-0.4, -0.2) is 25.1 Å². The molecular formula is C12H12N6O. The van der Waals surface area contributed by atoms with Crippen molar-refractivity contribution < 1.29 is 4.52 Å². The van der Waals surface area contributed by atoms with E-state index < -0.39 is 0 Å². The zero-order valence-electron chi connectivity index (χ0n) is 10.1.